The number of rotatable bonds is 5. The van der Waals surface area contributed by atoms with E-state index in [9.17, 15) is 4.79 Å². The van der Waals surface area contributed by atoms with Crippen molar-refractivity contribution in [3.63, 3.8) is 0 Å². The molecule has 0 amide bonds. The largest absolute Gasteiger partial charge is 0.481 e. The summed E-state index contributed by atoms with van der Waals surface area (Å²) in [6, 6.07) is 0. The van der Waals surface area contributed by atoms with Gasteiger partial charge in [-0.25, -0.2) is 0 Å². The number of carboxylic acid groups (broad SMARTS) is 1. The fraction of sp³-hybridized carbons (Fsp3) is 0.778. The lowest BCUT2D eigenvalue weighted by atomic mass is 10.1. The minimum Gasteiger partial charge on any atom is -0.481 e. The molecule has 0 saturated heterocycles. The van der Waals surface area contributed by atoms with Gasteiger partial charge >= 0.3 is 5.97 Å². The molecule has 80 valence electrons. The van der Waals surface area contributed by atoms with E-state index in [0.29, 0.717) is 12.4 Å². The van der Waals surface area contributed by atoms with Gasteiger partial charge in [-0.2, -0.15) is 0 Å². The molecule has 3 N–H and O–H groups in total. The summed E-state index contributed by atoms with van der Waals surface area (Å²) in [4.78, 5) is 16.6. The van der Waals surface area contributed by atoms with Crippen LogP contribution in [0.5, 0.6) is 0 Å². The van der Waals surface area contributed by atoms with Crippen LogP contribution in [0, 0.1) is 5.92 Å². The van der Waals surface area contributed by atoms with Crippen molar-refractivity contribution in [1.29, 1.82) is 0 Å². The maximum atomic E-state index is 10.5. The standard InChI is InChI=1S/C9H17N3O2/c1-7(8(13)14)3-2-5-12-6-4-11-9(12)10/h7H,2-6H2,1H3,(H2,10,11)(H,13,14)/t7-/m0/s1. The van der Waals surface area contributed by atoms with Crippen LogP contribution in [-0.4, -0.2) is 41.6 Å². The highest BCUT2D eigenvalue weighted by Gasteiger charge is 2.15. The molecule has 0 aromatic carbocycles. The lowest BCUT2D eigenvalue weighted by Crippen LogP contribution is -2.34. The molecule has 0 saturated carbocycles. The van der Waals surface area contributed by atoms with E-state index in [1.807, 2.05) is 4.90 Å². The second-order valence-electron chi connectivity index (χ2n) is 3.61. The number of hydrogen-bond acceptors (Lipinski definition) is 4. The number of nitrogens with two attached hydrogens (primary N) is 1. The Hall–Kier alpha value is -1.26. The van der Waals surface area contributed by atoms with E-state index in [0.717, 1.165) is 26.1 Å². The van der Waals surface area contributed by atoms with Gasteiger partial charge < -0.3 is 15.7 Å². The fourth-order valence-corrected chi connectivity index (χ4v) is 1.44. The molecule has 0 aromatic rings. The second kappa shape index (κ2) is 4.83. The van der Waals surface area contributed by atoms with Crippen LogP contribution in [0.25, 0.3) is 0 Å². The zero-order valence-electron chi connectivity index (χ0n) is 8.44. The van der Waals surface area contributed by atoms with Crippen LogP contribution in [0.4, 0.5) is 0 Å². The van der Waals surface area contributed by atoms with Crippen LogP contribution in [0.1, 0.15) is 19.8 Å². The highest BCUT2D eigenvalue weighted by atomic mass is 16.4. The topological polar surface area (TPSA) is 78.9 Å². The summed E-state index contributed by atoms with van der Waals surface area (Å²) in [6.07, 6.45) is 1.54. The molecule has 5 heteroatoms. The minimum absolute atomic E-state index is 0.268. The molecule has 0 bridgehead atoms. The molecular formula is C9H17N3O2. The predicted molar refractivity (Wildman–Crippen MR) is 54.1 cm³/mol. The number of aliphatic imine (C=N–C) groups is 1. The Balaban J connectivity index is 2.15. The first-order valence-electron chi connectivity index (χ1n) is 4.89. The molecule has 0 unspecified atom stereocenters. The van der Waals surface area contributed by atoms with Gasteiger partial charge in [0.1, 0.15) is 0 Å². The number of nitrogens with zero attached hydrogens (tertiary/aromatic N) is 2. The van der Waals surface area contributed by atoms with Crippen LogP contribution in [0.2, 0.25) is 0 Å². The Labute approximate surface area is 83.6 Å². The van der Waals surface area contributed by atoms with Crippen molar-refractivity contribution < 1.29 is 9.90 Å². The molecule has 1 aliphatic heterocycles. The van der Waals surface area contributed by atoms with Crippen molar-refractivity contribution in [3.8, 4) is 0 Å². The quantitative estimate of drug-likeness (QED) is 0.659. The van der Waals surface area contributed by atoms with Crippen LogP contribution in [0.3, 0.4) is 0 Å². The van der Waals surface area contributed by atoms with Crippen molar-refractivity contribution in [1.82, 2.24) is 4.90 Å². The van der Waals surface area contributed by atoms with Gasteiger partial charge in [-0.15, -0.1) is 0 Å². The SMILES string of the molecule is C[C@@H](CCCN1CCN=C1N)C(=O)O. The van der Waals surface area contributed by atoms with Gasteiger partial charge in [0.2, 0.25) is 0 Å². The smallest absolute Gasteiger partial charge is 0.306 e. The van der Waals surface area contributed by atoms with Gasteiger partial charge in [0.25, 0.3) is 0 Å². The average molecular weight is 199 g/mol. The third-order valence-electron chi connectivity index (χ3n) is 2.45. The van der Waals surface area contributed by atoms with E-state index in [1.54, 1.807) is 6.92 Å². The Kier molecular flexibility index (Phi) is 3.73. The van der Waals surface area contributed by atoms with Gasteiger partial charge in [-0.1, -0.05) is 6.92 Å². The number of hydrogen-bond donors (Lipinski definition) is 2. The Morgan fingerprint density at radius 3 is 3.00 bits per heavy atom. The third-order valence-corrected chi connectivity index (χ3v) is 2.45. The van der Waals surface area contributed by atoms with Crippen LogP contribution >= 0.6 is 0 Å². The van der Waals surface area contributed by atoms with E-state index >= 15 is 0 Å². The van der Waals surface area contributed by atoms with Crippen LogP contribution in [0.15, 0.2) is 4.99 Å². The maximum Gasteiger partial charge on any atom is 0.306 e. The fourth-order valence-electron chi connectivity index (χ4n) is 1.44. The Morgan fingerprint density at radius 1 is 1.79 bits per heavy atom. The molecule has 0 spiro atoms. The molecule has 1 heterocycles. The predicted octanol–water partition coefficient (Wildman–Crippen LogP) is 0.118. The number of guanidine groups is 1. The summed E-state index contributed by atoms with van der Waals surface area (Å²) in [5.74, 6) is -0.406. The molecule has 14 heavy (non-hydrogen) atoms. The number of aliphatic carboxylic acids is 1. The van der Waals surface area contributed by atoms with E-state index in [1.165, 1.54) is 0 Å². The number of carbonyl (C=O) groups is 1. The first kappa shape index (κ1) is 10.8. The van der Waals surface area contributed by atoms with Crippen molar-refractivity contribution in [2.45, 2.75) is 19.8 Å². The Bertz CT molecular complexity index is 240. The van der Waals surface area contributed by atoms with Crippen LogP contribution in [-0.2, 0) is 4.79 Å². The molecule has 5 nitrogen and oxygen atoms in total. The minimum atomic E-state index is -0.729. The summed E-state index contributed by atoms with van der Waals surface area (Å²) in [7, 11) is 0. The van der Waals surface area contributed by atoms with E-state index < -0.39 is 5.97 Å². The zero-order chi connectivity index (χ0) is 10.6. The number of carboxylic acids is 1. The average Bonchev–Trinajstić information content (AvgIpc) is 2.51. The summed E-state index contributed by atoms with van der Waals surface area (Å²) in [5, 5.41) is 8.66. The van der Waals surface area contributed by atoms with Crippen molar-refractivity contribution >= 4 is 11.9 Å². The maximum absolute atomic E-state index is 10.5. The molecule has 0 fully saturated rings. The first-order chi connectivity index (χ1) is 6.61. The molecule has 0 aliphatic carbocycles. The lowest BCUT2D eigenvalue weighted by Gasteiger charge is -2.17. The van der Waals surface area contributed by atoms with E-state index in [-0.39, 0.29) is 5.92 Å². The molecule has 1 rings (SSSR count). The van der Waals surface area contributed by atoms with Gasteiger partial charge in [-0.3, -0.25) is 9.79 Å². The van der Waals surface area contributed by atoms with E-state index in [4.69, 9.17) is 10.8 Å². The lowest BCUT2D eigenvalue weighted by molar-refractivity contribution is -0.141. The third kappa shape index (κ3) is 2.90. The van der Waals surface area contributed by atoms with Gasteiger partial charge in [0.15, 0.2) is 5.96 Å². The van der Waals surface area contributed by atoms with Gasteiger partial charge in [0.05, 0.1) is 12.5 Å². The molecule has 1 aliphatic rings. The van der Waals surface area contributed by atoms with Gasteiger partial charge in [-0.05, 0) is 12.8 Å². The normalized spacial score (nSPS) is 18.1. The first-order valence-corrected chi connectivity index (χ1v) is 4.89. The second-order valence-corrected chi connectivity index (χ2v) is 3.61. The summed E-state index contributed by atoms with van der Waals surface area (Å²) in [5.41, 5.74) is 5.62. The van der Waals surface area contributed by atoms with Gasteiger partial charge in [0, 0.05) is 13.1 Å². The molecule has 0 aromatic heterocycles. The van der Waals surface area contributed by atoms with Crippen molar-refractivity contribution in [2.75, 3.05) is 19.6 Å². The molecular weight excluding hydrogens is 182 g/mol. The van der Waals surface area contributed by atoms with Crippen molar-refractivity contribution in [3.05, 3.63) is 0 Å². The monoisotopic (exact) mass is 199 g/mol. The Morgan fingerprint density at radius 2 is 2.50 bits per heavy atom. The summed E-state index contributed by atoms with van der Waals surface area (Å²) < 4.78 is 0. The summed E-state index contributed by atoms with van der Waals surface area (Å²) in [6.45, 7) is 4.17. The van der Waals surface area contributed by atoms with Crippen LogP contribution < -0.4 is 5.73 Å². The highest BCUT2D eigenvalue weighted by Crippen LogP contribution is 2.07. The molecule has 1 atom stereocenters. The molecule has 0 radical (unpaired) electrons. The highest BCUT2D eigenvalue weighted by molar-refractivity contribution is 5.79. The van der Waals surface area contributed by atoms with E-state index in [2.05, 4.69) is 4.99 Å². The zero-order valence-corrected chi connectivity index (χ0v) is 8.44. The van der Waals surface area contributed by atoms with Crippen molar-refractivity contribution in [2.24, 2.45) is 16.6 Å². The summed E-state index contributed by atoms with van der Waals surface area (Å²) >= 11 is 0.